The number of carboxylic acid groups (broad SMARTS) is 1. The van der Waals surface area contributed by atoms with Gasteiger partial charge in [-0.05, 0) is 61.3 Å². The summed E-state index contributed by atoms with van der Waals surface area (Å²) in [5, 5.41) is 16.1. The quantitative estimate of drug-likeness (QED) is 0.140. The van der Waals surface area contributed by atoms with Gasteiger partial charge in [-0.2, -0.15) is 0 Å². The fraction of sp³-hybridized carbons (Fsp3) is 0.361. The molecule has 0 saturated heterocycles. The molecule has 7 nitrogen and oxygen atoms in total. The summed E-state index contributed by atoms with van der Waals surface area (Å²) in [6.45, 7) is 11.6. The molecule has 0 spiro atoms. The summed E-state index contributed by atoms with van der Waals surface area (Å²) in [5.41, 5.74) is 5.09. The molecule has 236 valence electrons. The number of carboxylic acids is 1. The monoisotopic (exact) mass is 617 g/mol. The van der Waals surface area contributed by atoms with Gasteiger partial charge in [0.2, 0.25) is 0 Å². The second kappa shape index (κ2) is 20.2. The van der Waals surface area contributed by atoms with E-state index in [-0.39, 0.29) is 6.42 Å². The molecule has 8 heteroatoms. The summed E-state index contributed by atoms with van der Waals surface area (Å²) < 4.78 is 6.00. The number of carbonyl (C=O) groups excluding carboxylic acids is 1. The lowest BCUT2D eigenvalue weighted by atomic mass is 9.93. The molecule has 3 aromatic carbocycles. The summed E-state index contributed by atoms with van der Waals surface area (Å²) in [7, 11) is 1.75. The Hall–Kier alpha value is -3.85. The molecule has 0 saturated carbocycles. The highest BCUT2D eigenvalue weighted by Crippen LogP contribution is 2.29. The van der Waals surface area contributed by atoms with E-state index >= 15 is 0 Å². The van der Waals surface area contributed by atoms with Crippen molar-refractivity contribution >= 4 is 23.2 Å². The number of hydrogen-bond donors (Lipinski definition) is 3. The summed E-state index contributed by atoms with van der Waals surface area (Å²) in [6, 6.07) is 22.4. The standard InChI is InChI=1S/C30H31N3O4S.C4H10.C2H6/c1-20-8-6-7-11-24(20)26-16-21(12-13-25(26)28(34)33-27(30(35)36)14-15-31-2)18-37-19-23-17-32-29(38-23)22-9-4-3-5-10-22;1-3-4-2;1-2/h3-13,16-17,27,31H,14-15,18-19H2,1-2H3,(H,33,34)(H,35,36);3-4H2,1-2H3;1-2H3. The second-order valence-electron chi connectivity index (χ2n) is 9.94. The van der Waals surface area contributed by atoms with Gasteiger partial charge in [0.05, 0.1) is 18.1 Å². The number of rotatable bonds is 13. The molecule has 4 rings (SSSR count). The van der Waals surface area contributed by atoms with Gasteiger partial charge in [0.15, 0.2) is 0 Å². The van der Waals surface area contributed by atoms with Crippen molar-refractivity contribution in [2.45, 2.75) is 73.1 Å². The van der Waals surface area contributed by atoms with Gasteiger partial charge in [0, 0.05) is 17.3 Å². The van der Waals surface area contributed by atoms with Crippen molar-refractivity contribution in [3.05, 3.63) is 101 Å². The molecule has 0 fully saturated rings. The maximum absolute atomic E-state index is 13.2. The van der Waals surface area contributed by atoms with Crippen LogP contribution < -0.4 is 10.6 Å². The summed E-state index contributed by atoms with van der Waals surface area (Å²) in [4.78, 5) is 30.5. The number of aryl methyl sites for hydroxylation is 1. The smallest absolute Gasteiger partial charge is 0.326 e. The molecule has 1 amide bonds. The van der Waals surface area contributed by atoms with E-state index < -0.39 is 17.9 Å². The number of hydrogen-bond acceptors (Lipinski definition) is 6. The minimum atomic E-state index is -1.06. The van der Waals surface area contributed by atoms with E-state index in [1.807, 2.05) is 93.7 Å². The zero-order chi connectivity index (χ0) is 32.3. The van der Waals surface area contributed by atoms with Gasteiger partial charge >= 0.3 is 5.97 Å². The number of nitrogens with one attached hydrogen (secondary N) is 2. The van der Waals surface area contributed by atoms with Crippen molar-refractivity contribution in [2.75, 3.05) is 13.6 Å². The van der Waals surface area contributed by atoms with Crippen LogP contribution in [0.5, 0.6) is 0 Å². The predicted octanol–water partition coefficient (Wildman–Crippen LogP) is 8.13. The average Bonchev–Trinajstić information content (AvgIpc) is 3.53. The molecular weight excluding hydrogens is 570 g/mol. The maximum Gasteiger partial charge on any atom is 0.326 e. The first kappa shape index (κ1) is 36.3. The number of amides is 1. The third-order valence-corrected chi connectivity index (χ3v) is 7.66. The molecule has 1 unspecified atom stereocenters. The number of carbonyl (C=O) groups is 2. The van der Waals surface area contributed by atoms with Crippen LogP contribution in [0.4, 0.5) is 0 Å². The molecule has 0 aliphatic carbocycles. The maximum atomic E-state index is 13.2. The highest BCUT2D eigenvalue weighted by molar-refractivity contribution is 7.15. The number of aromatic nitrogens is 1. The number of thiazole rings is 1. The number of benzene rings is 3. The van der Waals surface area contributed by atoms with Gasteiger partial charge in [-0.25, -0.2) is 9.78 Å². The molecule has 1 heterocycles. The van der Waals surface area contributed by atoms with Crippen molar-refractivity contribution in [3.63, 3.8) is 0 Å². The number of ether oxygens (including phenoxy) is 1. The van der Waals surface area contributed by atoms with E-state index in [2.05, 4.69) is 29.5 Å². The molecule has 3 N–H and O–H groups in total. The lowest BCUT2D eigenvalue weighted by Gasteiger charge is -2.18. The van der Waals surface area contributed by atoms with E-state index in [1.54, 1.807) is 24.5 Å². The van der Waals surface area contributed by atoms with Crippen molar-refractivity contribution in [1.82, 2.24) is 15.6 Å². The van der Waals surface area contributed by atoms with Crippen molar-refractivity contribution in [1.29, 1.82) is 0 Å². The molecule has 0 bridgehead atoms. The number of unbranched alkanes of at least 4 members (excludes halogenated alkanes) is 1. The van der Waals surface area contributed by atoms with Crippen LogP contribution in [0.2, 0.25) is 0 Å². The Labute approximate surface area is 266 Å². The first-order chi connectivity index (χ1) is 21.4. The predicted molar refractivity (Wildman–Crippen MR) is 182 cm³/mol. The van der Waals surface area contributed by atoms with E-state index in [4.69, 9.17) is 4.74 Å². The van der Waals surface area contributed by atoms with Crippen molar-refractivity contribution < 1.29 is 19.4 Å². The Bertz CT molecular complexity index is 1420. The molecule has 0 aliphatic rings. The van der Waals surface area contributed by atoms with Gasteiger partial charge < -0.3 is 20.5 Å². The molecular formula is C36H47N3O4S. The lowest BCUT2D eigenvalue weighted by Crippen LogP contribution is -2.42. The minimum Gasteiger partial charge on any atom is -0.480 e. The van der Waals surface area contributed by atoms with E-state index in [0.29, 0.717) is 25.3 Å². The highest BCUT2D eigenvalue weighted by Gasteiger charge is 2.22. The Morgan fingerprint density at radius 1 is 0.932 bits per heavy atom. The lowest BCUT2D eigenvalue weighted by molar-refractivity contribution is -0.139. The van der Waals surface area contributed by atoms with Crippen LogP contribution in [0.1, 0.15) is 73.3 Å². The molecule has 0 aliphatic heterocycles. The second-order valence-corrected chi connectivity index (χ2v) is 11.1. The van der Waals surface area contributed by atoms with Gasteiger partial charge in [-0.3, -0.25) is 4.79 Å². The van der Waals surface area contributed by atoms with Crippen LogP contribution in [0.3, 0.4) is 0 Å². The van der Waals surface area contributed by atoms with Gasteiger partial charge in [0.25, 0.3) is 5.91 Å². The summed E-state index contributed by atoms with van der Waals surface area (Å²) in [5.74, 6) is -1.48. The van der Waals surface area contributed by atoms with Crippen LogP contribution in [0, 0.1) is 6.92 Å². The summed E-state index contributed by atoms with van der Waals surface area (Å²) in [6.07, 6.45) is 4.76. The van der Waals surface area contributed by atoms with Crippen LogP contribution >= 0.6 is 11.3 Å². The Kier molecular flexibility index (Phi) is 16.7. The van der Waals surface area contributed by atoms with Gasteiger partial charge in [-0.15, -0.1) is 11.3 Å². The first-order valence-corrected chi connectivity index (χ1v) is 16.1. The molecule has 1 aromatic heterocycles. The zero-order valence-corrected chi connectivity index (χ0v) is 27.7. The third-order valence-electron chi connectivity index (χ3n) is 6.64. The van der Waals surface area contributed by atoms with Crippen LogP contribution in [-0.2, 0) is 22.7 Å². The third kappa shape index (κ3) is 11.3. The van der Waals surface area contributed by atoms with Crippen LogP contribution in [-0.4, -0.2) is 41.6 Å². The number of aliphatic carboxylic acids is 1. The Balaban J connectivity index is 0.00000104. The molecule has 0 radical (unpaired) electrons. The highest BCUT2D eigenvalue weighted by atomic mass is 32.1. The largest absolute Gasteiger partial charge is 0.480 e. The van der Waals surface area contributed by atoms with Gasteiger partial charge in [-0.1, -0.05) is 101 Å². The van der Waals surface area contributed by atoms with Crippen LogP contribution in [0.15, 0.2) is 79.0 Å². The zero-order valence-electron chi connectivity index (χ0n) is 26.9. The van der Waals surface area contributed by atoms with E-state index in [0.717, 1.165) is 37.7 Å². The Morgan fingerprint density at radius 3 is 2.25 bits per heavy atom. The number of nitrogens with zero attached hydrogens (tertiary/aromatic N) is 1. The average molecular weight is 618 g/mol. The van der Waals surface area contributed by atoms with Crippen molar-refractivity contribution in [3.8, 4) is 21.7 Å². The van der Waals surface area contributed by atoms with Crippen molar-refractivity contribution in [2.24, 2.45) is 0 Å². The van der Waals surface area contributed by atoms with E-state index in [1.165, 1.54) is 12.8 Å². The molecule has 4 aromatic rings. The normalized spacial score (nSPS) is 11.0. The van der Waals surface area contributed by atoms with E-state index in [9.17, 15) is 14.7 Å². The molecule has 1 atom stereocenters. The Morgan fingerprint density at radius 2 is 1.61 bits per heavy atom. The molecule has 44 heavy (non-hydrogen) atoms. The minimum absolute atomic E-state index is 0.284. The van der Waals surface area contributed by atoms with Crippen LogP contribution in [0.25, 0.3) is 21.7 Å². The fourth-order valence-corrected chi connectivity index (χ4v) is 4.97. The fourth-order valence-electron chi connectivity index (χ4n) is 4.12. The summed E-state index contributed by atoms with van der Waals surface area (Å²) >= 11 is 1.60. The van der Waals surface area contributed by atoms with Gasteiger partial charge in [0.1, 0.15) is 11.0 Å². The topological polar surface area (TPSA) is 101 Å². The SMILES string of the molecule is CC.CCCC.CNCCC(NC(=O)c1ccc(COCc2cnc(-c3ccccc3)s2)cc1-c1ccccc1C)C(=O)O. The first-order valence-electron chi connectivity index (χ1n) is 15.3.